The van der Waals surface area contributed by atoms with Crippen molar-refractivity contribution in [2.75, 3.05) is 0 Å². The van der Waals surface area contributed by atoms with Gasteiger partial charge in [0.15, 0.2) is 0 Å². The van der Waals surface area contributed by atoms with Crippen molar-refractivity contribution >= 4 is 11.6 Å². The molecule has 1 unspecified atom stereocenters. The van der Waals surface area contributed by atoms with Gasteiger partial charge in [0.25, 0.3) is 0 Å². The summed E-state index contributed by atoms with van der Waals surface area (Å²) in [5.74, 6) is 0. The summed E-state index contributed by atoms with van der Waals surface area (Å²) in [7, 11) is 0. The average molecular weight is 260 g/mol. The van der Waals surface area contributed by atoms with E-state index < -0.39 is 0 Å². The Labute approximate surface area is 114 Å². The molecule has 2 rings (SSSR count). The van der Waals surface area contributed by atoms with E-state index in [0.29, 0.717) is 0 Å². The summed E-state index contributed by atoms with van der Waals surface area (Å²) in [6.07, 6.45) is 3.15. The molecule has 2 aromatic rings. The number of hydrogen-bond acceptors (Lipinski definition) is 1. The second kappa shape index (κ2) is 6.58. The highest BCUT2D eigenvalue weighted by molar-refractivity contribution is 6.30. The van der Waals surface area contributed by atoms with Gasteiger partial charge in [-0.25, -0.2) is 0 Å². The smallest absolute Gasteiger partial charge is 0.0409 e. The second-order valence-electron chi connectivity index (χ2n) is 4.54. The lowest BCUT2D eigenvalue weighted by Crippen LogP contribution is -2.10. The van der Waals surface area contributed by atoms with Gasteiger partial charge in [0.1, 0.15) is 0 Å². The Kier molecular flexibility index (Phi) is 4.80. The lowest BCUT2D eigenvalue weighted by Gasteiger charge is -2.12. The van der Waals surface area contributed by atoms with Crippen molar-refractivity contribution < 1.29 is 0 Å². The van der Waals surface area contributed by atoms with Crippen molar-refractivity contribution in [3.05, 3.63) is 70.7 Å². The van der Waals surface area contributed by atoms with Crippen molar-refractivity contribution in [3.8, 4) is 0 Å². The van der Waals surface area contributed by atoms with Crippen LogP contribution < -0.4 is 5.73 Å². The highest BCUT2D eigenvalue weighted by Gasteiger charge is 2.06. The van der Waals surface area contributed by atoms with Crippen LogP contribution in [0, 0.1) is 0 Å². The van der Waals surface area contributed by atoms with Crippen LogP contribution in [0.1, 0.15) is 30.0 Å². The first-order valence-electron chi connectivity index (χ1n) is 6.30. The first-order valence-corrected chi connectivity index (χ1v) is 6.68. The fourth-order valence-corrected chi connectivity index (χ4v) is 2.27. The molecule has 0 aliphatic rings. The highest BCUT2D eigenvalue weighted by Crippen LogP contribution is 2.20. The monoisotopic (exact) mass is 259 g/mol. The van der Waals surface area contributed by atoms with E-state index in [-0.39, 0.29) is 6.04 Å². The van der Waals surface area contributed by atoms with Crippen molar-refractivity contribution in [2.45, 2.75) is 25.3 Å². The minimum atomic E-state index is 0.0763. The van der Waals surface area contributed by atoms with E-state index in [1.54, 1.807) is 0 Å². The van der Waals surface area contributed by atoms with E-state index >= 15 is 0 Å². The van der Waals surface area contributed by atoms with Gasteiger partial charge in [-0.2, -0.15) is 0 Å². The van der Waals surface area contributed by atoms with E-state index in [4.69, 9.17) is 17.3 Å². The maximum absolute atomic E-state index is 6.17. The normalized spacial score (nSPS) is 12.3. The molecule has 18 heavy (non-hydrogen) atoms. The van der Waals surface area contributed by atoms with Crippen LogP contribution in [0.25, 0.3) is 0 Å². The molecule has 0 fully saturated rings. The van der Waals surface area contributed by atoms with Gasteiger partial charge < -0.3 is 5.73 Å². The highest BCUT2D eigenvalue weighted by atomic mass is 35.5. The Morgan fingerprint density at radius 3 is 2.50 bits per heavy atom. The van der Waals surface area contributed by atoms with Crippen LogP contribution in [-0.4, -0.2) is 0 Å². The fourth-order valence-electron chi connectivity index (χ4n) is 2.07. The van der Waals surface area contributed by atoms with Gasteiger partial charge in [0.05, 0.1) is 0 Å². The first kappa shape index (κ1) is 13.1. The third kappa shape index (κ3) is 3.86. The van der Waals surface area contributed by atoms with Crippen LogP contribution in [0.3, 0.4) is 0 Å². The number of halogens is 1. The van der Waals surface area contributed by atoms with Crippen molar-refractivity contribution in [3.63, 3.8) is 0 Å². The molecule has 0 heterocycles. The van der Waals surface area contributed by atoms with Gasteiger partial charge in [-0.1, -0.05) is 54.1 Å². The summed E-state index contributed by atoms with van der Waals surface area (Å²) in [6.45, 7) is 0. The van der Waals surface area contributed by atoms with Gasteiger partial charge in [-0.05, 0) is 42.5 Å². The van der Waals surface area contributed by atoms with E-state index in [1.807, 2.05) is 30.3 Å². The fraction of sp³-hybridized carbons (Fsp3) is 0.250. The number of nitrogens with two attached hydrogens (primary N) is 1. The molecule has 0 aromatic heterocycles. The predicted molar refractivity (Wildman–Crippen MR) is 77.8 cm³/mol. The maximum atomic E-state index is 6.17. The van der Waals surface area contributed by atoms with Gasteiger partial charge in [0, 0.05) is 11.1 Å². The Morgan fingerprint density at radius 2 is 1.78 bits per heavy atom. The molecule has 1 atom stereocenters. The molecule has 0 saturated heterocycles. The maximum Gasteiger partial charge on any atom is 0.0409 e. The van der Waals surface area contributed by atoms with E-state index in [1.165, 1.54) is 5.56 Å². The lowest BCUT2D eigenvalue weighted by atomic mass is 10.00. The summed E-state index contributed by atoms with van der Waals surface area (Å²) < 4.78 is 0. The van der Waals surface area contributed by atoms with Crippen molar-refractivity contribution in [2.24, 2.45) is 5.73 Å². The lowest BCUT2D eigenvalue weighted by molar-refractivity contribution is 0.611. The van der Waals surface area contributed by atoms with Crippen LogP contribution in [-0.2, 0) is 6.42 Å². The predicted octanol–water partition coefficient (Wildman–Crippen LogP) is 4.36. The number of hydrogen-bond donors (Lipinski definition) is 1. The quantitative estimate of drug-likeness (QED) is 0.848. The Bertz CT molecular complexity index is 481. The summed E-state index contributed by atoms with van der Waals surface area (Å²) >= 11 is 5.96. The van der Waals surface area contributed by atoms with Crippen LogP contribution >= 0.6 is 11.6 Å². The molecule has 2 aromatic carbocycles. The standard InChI is InChI=1S/C16H18ClN/c17-15-10-5-9-14(12-15)16(18)11-4-8-13-6-2-1-3-7-13/h1-3,5-7,9-10,12,16H,4,8,11,18H2. The molecule has 2 heteroatoms. The summed E-state index contributed by atoms with van der Waals surface area (Å²) in [5, 5.41) is 0.756. The molecule has 0 spiro atoms. The van der Waals surface area contributed by atoms with Crippen LogP contribution in [0.15, 0.2) is 54.6 Å². The Hall–Kier alpha value is -1.31. The minimum Gasteiger partial charge on any atom is -0.324 e. The summed E-state index contributed by atoms with van der Waals surface area (Å²) in [6, 6.07) is 18.4. The molecule has 0 amide bonds. The van der Waals surface area contributed by atoms with E-state index in [2.05, 4.69) is 24.3 Å². The third-order valence-corrected chi connectivity index (χ3v) is 3.34. The second-order valence-corrected chi connectivity index (χ2v) is 4.98. The zero-order valence-corrected chi connectivity index (χ0v) is 11.1. The summed E-state index contributed by atoms with van der Waals surface area (Å²) in [4.78, 5) is 0. The van der Waals surface area contributed by atoms with Crippen LogP contribution in [0.2, 0.25) is 5.02 Å². The van der Waals surface area contributed by atoms with Gasteiger partial charge in [-0.15, -0.1) is 0 Å². The summed E-state index contributed by atoms with van der Waals surface area (Å²) in [5.41, 5.74) is 8.66. The van der Waals surface area contributed by atoms with Crippen LogP contribution in [0.5, 0.6) is 0 Å². The molecule has 0 aliphatic carbocycles. The molecule has 94 valence electrons. The zero-order chi connectivity index (χ0) is 12.8. The van der Waals surface area contributed by atoms with Gasteiger partial charge >= 0.3 is 0 Å². The van der Waals surface area contributed by atoms with E-state index in [0.717, 1.165) is 29.8 Å². The van der Waals surface area contributed by atoms with Gasteiger partial charge in [-0.3, -0.25) is 0 Å². The number of benzene rings is 2. The van der Waals surface area contributed by atoms with Gasteiger partial charge in [0.2, 0.25) is 0 Å². The average Bonchev–Trinajstić information content (AvgIpc) is 2.40. The molecule has 0 bridgehead atoms. The number of rotatable bonds is 5. The molecule has 0 saturated carbocycles. The molecule has 0 radical (unpaired) electrons. The number of aryl methyl sites for hydroxylation is 1. The van der Waals surface area contributed by atoms with Crippen molar-refractivity contribution in [1.29, 1.82) is 0 Å². The Morgan fingerprint density at radius 1 is 1.00 bits per heavy atom. The minimum absolute atomic E-state index is 0.0763. The molecular weight excluding hydrogens is 242 g/mol. The van der Waals surface area contributed by atoms with E-state index in [9.17, 15) is 0 Å². The van der Waals surface area contributed by atoms with Crippen LogP contribution in [0.4, 0.5) is 0 Å². The Balaban J connectivity index is 1.83. The first-order chi connectivity index (χ1) is 8.75. The van der Waals surface area contributed by atoms with Crippen molar-refractivity contribution in [1.82, 2.24) is 0 Å². The molecule has 1 nitrogen and oxygen atoms in total. The zero-order valence-electron chi connectivity index (χ0n) is 10.4. The molecule has 0 aliphatic heterocycles. The molecular formula is C16H18ClN. The largest absolute Gasteiger partial charge is 0.324 e. The SMILES string of the molecule is NC(CCCc1ccccc1)c1cccc(Cl)c1. The third-order valence-electron chi connectivity index (χ3n) is 3.10. The topological polar surface area (TPSA) is 26.0 Å². The molecule has 2 N–H and O–H groups in total.